The zero-order valence-electron chi connectivity index (χ0n) is 9.08. The van der Waals surface area contributed by atoms with E-state index >= 15 is 0 Å². The lowest BCUT2D eigenvalue weighted by Gasteiger charge is -2.07. The summed E-state index contributed by atoms with van der Waals surface area (Å²) in [6.07, 6.45) is 1.63. The predicted molar refractivity (Wildman–Crippen MR) is 67.6 cm³/mol. The van der Waals surface area contributed by atoms with Gasteiger partial charge >= 0.3 is 0 Å². The highest BCUT2D eigenvalue weighted by atomic mass is 79.9. The first-order valence-corrected chi connectivity index (χ1v) is 5.70. The Morgan fingerprint density at radius 1 is 1.35 bits per heavy atom. The highest BCUT2D eigenvalue weighted by Crippen LogP contribution is 2.26. The number of nitrogen functional groups attached to an aromatic ring is 1. The number of halogens is 2. The monoisotopic (exact) mass is 296 g/mol. The molecular formula is C12H10BrFN2O. The number of hydrogen-bond acceptors (Lipinski definition) is 3. The molecule has 2 N–H and O–H groups in total. The molecule has 0 aliphatic carbocycles. The van der Waals surface area contributed by atoms with Crippen LogP contribution in [0.1, 0.15) is 5.56 Å². The minimum Gasteiger partial charge on any atom is -0.439 e. The van der Waals surface area contributed by atoms with E-state index in [0.717, 1.165) is 5.56 Å². The van der Waals surface area contributed by atoms with Crippen molar-refractivity contribution in [1.82, 2.24) is 4.98 Å². The summed E-state index contributed by atoms with van der Waals surface area (Å²) in [5.41, 5.74) is 7.23. The molecule has 0 fully saturated rings. The fourth-order valence-corrected chi connectivity index (χ4v) is 1.59. The molecular weight excluding hydrogens is 287 g/mol. The molecule has 0 saturated carbocycles. The van der Waals surface area contributed by atoms with Gasteiger partial charge in [-0.2, -0.15) is 0 Å². The molecule has 0 spiro atoms. The maximum Gasteiger partial charge on any atom is 0.221 e. The average molecular weight is 297 g/mol. The van der Waals surface area contributed by atoms with Crippen molar-refractivity contribution < 1.29 is 9.13 Å². The van der Waals surface area contributed by atoms with E-state index in [0.29, 0.717) is 21.8 Å². The van der Waals surface area contributed by atoms with E-state index in [4.69, 9.17) is 10.5 Å². The van der Waals surface area contributed by atoms with Gasteiger partial charge in [-0.3, -0.25) is 0 Å². The summed E-state index contributed by atoms with van der Waals surface area (Å²) in [6.45, 7) is 1.86. The van der Waals surface area contributed by atoms with Crippen LogP contribution in [0, 0.1) is 12.7 Å². The molecule has 5 heteroatoms. The fourth-order valence-electron chi connectivity index (χ4n) is 1.24. The third-order valence-electron chi connectivity index (χ3n) is 2.23. The van der Waals surface area contributed by atoms with E-state index in [1.54, 1.807) is 12.3 Å². The Morgan fingerprint density at radius 3 is 2.76 bits per heavy atom. The molecule has 2 aromatic rings. The highest BCUT2D eigenvalue weighted by Gasteiger charge is 2.04. The number of ether oxygens (including phenoxy) is 1. The van der Waals surface area contributed by atoms with Crippen LogP contribution >= 0.6 is 15.9 Å². The Balaban J connectivity index is 2.25. The predicted octanol–water partition coefficient (Wildman–Crippen LogP) is 3.67. The maximum absolute atomic E-state index is 13.0. The number of rotatable bonds is 2. The van der Waals surface area contributed by atoms with Crippen molar-refractivity contribution in [2.75, 3.05) is 5.73 Å². The number of aryl methyl sites for hydroxylation is 1. The lowest BCUT2D eigenvalue weighted by molar-refractivity contribution is 0.461. The molecule has 0 amide bonds. The standard InChI is InChI=1S/C12H10BrFN2O/c1-7-6-16-12(5-11(7)15)17-8-2-3-10(14)9(13)4-8/h2-6H,1H3,(H2,15,16). The van der Waals surface area contributed by atoms with Crippen LogP contribution in [0.15, 0.2) is 34.9 Å². The first-order chi connectivity index (χ1) is 8.06. The van der Waals surface area contributed by atoms with Gasteiger partial charge in [0.15, 0.2) is 0 Å². The summed E-state index contributed by atoms with van der Waals surface area (Å²) in [5.74, 6) is 0.536. The van der Waals surface area contributed by atoms with Crippen molar-refractivity contribution in [2.24, 2.45) is 0 Å². The van der Waals surface area contributed by atoms with E-state index in [1.165, 1.54) is 18.2 Å². The van der Waals surface area contributed by atoms with Crippen molar-refractivity contribution in [2.45, 2.75) is 6.92 Å². The number of anilines is 1. The quantitative estimate of drug-likeness (QED) is 0.920. The SMILES string of the molecule is Cc1cnc(Oc2ccc(F)c(Br)c2)cc1N. The van der Waals surface area contributed by atoms with Gasteiger partial charge in [0.2, 0.25) is 5.88 Å². The van der Waals surface area contributed by atoms with E-state index in [2.05, 4.69) is 20.9 Å². The van der Waals surface area contributed by atoms with Crippen molar-refractivity contribution in [3.05, 3.63) is 46.3 Å². The summed E-state index contributed by atoms with van der Waals surface area (Å²) in [5, 5.41) is 0. The summed E-state index contributed by atoms with van der Waals surface area (Å²) in [7, 11) is 0. The Kier molecular flexibility index (Phi) is 3.28. The van der Waals surface area contributed by atoms with Crippen LogP contribution in [0.5, 0.6) is 11.6 Å². The van der Waals surface area contributed by atoms with E-state index in [1.807, 2.05) is 6.92 Å². The summed E-state index contributed by atoms with van der Waals surface area (Å²) >= 11 is 3.09. The van der Waals surface area contributed by atoms with E-state index in [9.17, 15) is 4.39 Å². The van der Waals surface area contributed by atoms with E-state index < -0.39 is 0 Å². The number of pyridine rings is 1. The molecule has 2 rings (SSSR count). The molecule has 0 unspecified atom stereocenters. The Morgan fingerprint density at radius 2 is 2.12 bits per heavy atom. The molecule has 17 heavy (non-hydrogen) atoms. The molecule has 0 bridgehead atoms. The van der Waals surface area contributed by atoms with Crippen LogP contribution in [-0.4, -0.2) is 4.98 Å². The van der Waals surface area contributed by atoms with Gasteiger partial charge < -0.3 is 10.5 Å². The van der Waals surface area contributed by atoms with Gasteiger partial charge in [-0.05, 0) is 46.6 Å². The molecule has 3 nitrogen and oxygen atoms in total. The lowest BCUT2D eigenvalue weighted by atomic mass is 10.3. The average Bonchev–Trinajstić information content (AvgIpc) is 2.29. The Labute approximate surface area is 107 Å². The first kappa shape index (κ1) is 11.9. The zero-order chi connectivity index (χ0) is 12.4. The van der Waals surface area contributed by atoms with Gasteiger partial charge in [-0.1, -0.05) is 0 Å². The van der Waals surface area contributed by atoms with Crippen molar-refractivity contribution in [1.29, 1.82) is 0 Å². The van der Waals surface area contributed by atoms with Crippen molar-refractivity contribution >= 4 is 21.6 Å². The Bertz CT molecular complexity index is 511. The molecule has 0 saturated heterocycles. The van der Waals surface area contributed by atoms with Gasteiger partial charge in [0.1, 0.15) is 11.6 Å². The molecule has 1 heterocycles. The molecule has 0 aliphatic rings. The largest absolute Gasteiger partial charge is 0.439 e. The van der Waals surface area contributed by atoms with Gasteiger partial charge in [-0.15, -0.1) is 0 Å². The highest BCUT2D eigenvalue weighted by molar-refractivity contribution is 9.10. The third kappa shape index (κ3) is 2.74. The van der Waals surface area contributed by atoms with Gasteiger partial charge in [0.25, 0.3) is 0 Å². The van der Waals surface area contributed by atoms with Crippen LogP contribution in [0.25, 0.3) is 0 Å². The van der Waals surface area contributed by atoms with Crippen LogP contribution in [0.3, 0.4) is 0 Å². The Hall–Kier alpha value is -1.62. The van der Waals surface area contributed by atoms with Gasteiger partial charge in [-0.25, -0.2) is 9.37 Å². The molecule has 1 aromatic heterocycles. The molecule has 0 aliphatic heterocycles. The van der Waals surface area contributed by atoms with Crippen molar-refractivity contribution in [3.8, 4) is 11.6 Å². The summed E-state index contributed by atoms with van der Waals surface area (Å²) < 4.78 is 18.8. The van der Waals surface area contributed by atoms with Crippen LogP contribution in [0.2, 0.25) is 0 Å². The smallest absolute Gasteiger partial charge is 0.221 e. The molecule has 0 radical (unpaired) electrons. The van der Waals surface area contributed by atoms with Gasteiger partial charge in [0, 0.05) is 18.0 Å². The number of nitrogens with zero attached hydrogens (tertiary/aromatic N) is 1. The molecule has 88 valence electrons. The molecule has 1 aromatic carbocycles. The summed E-state index contributed by atoms with van der Waals surface area (Å²) in [6, 6.07) is 6.01. The third-order valence-corrected chi connectivity index (χ3v) is 2.84. The van der Waals surface area contributed by atoms with Crippen LogP contribution in [0.4, 0.5) is 10.1 Å². The lowest BCUT2D eigenvalue weighted by Crippen LogP contribution is -1.94. The summed E-state index contributed by atoms with van der Waals surface area (Å²) in [4.78, 5) is 4.08. The first-order valence-electron chi connectivity index (χ1n) is 4.91. The second-order valence-corrected chi connectivity index (χ2v) is 4.41. The number of benzene rings is 1. The van der Waals surface area contributed by atoms with E-state index in [-0.39, 0.29) is 5.82 Å². The van der Waals surface area contributed by atoms with Crippen LogP contribution < -0.4 is 10.5 Å². The number of hydrogen-bond donors (Lipinski definition) is 1. The topological polar surface area (TPSA) is 48.1 Å². The minimum atomic E-state index is -0.339. The minimum absolute atomic E-state index is 0.339. The van der Waals surface area contributed by atoms with Crippen molar-refractivity contribution in [3.63, 3.8) is 0 Å². The number of nitrogens with two attached hydrogens (primary N) is 1. The molecule has 0 atom stereocenters. The van der Waals surface area contributed by atoms with Crippen LogP contribution in [-0.2, 0) is 0 Å². The second-order valence-electron chi connectivity index (χ2n) is 3.56. The second kappa shape index (κ2) is 4.71. The normalized spacial score (nSPS) is 10.3. The zero-order valence-corrected chi connectivity index (χ0v) is 10.7. The van der Waals surface area contributed by atoms with Gasteiger partial charge in [0.05, 0.1) is 4.47 Å². The maximum atomic E-state index is 13.0. The number of aromatic nitrogens is 1. The fraction of sp³-hybridized carbons (Fsp3) is 0.0833.